The molecule has 8 heteroatoms. The number of benzene rings is 4. The summed E-state index contributed by atoms with van der Waals surface area (Å²) in [6.45, 7) is 1.16. The van der Waals surface area contributed by atoms with E-state index in [9.17, 15) is 9.59 Å². The zero-order valence-corrected chi connectivity index (χ0v) is 28.3. The number of rotatable bonds is 11. The summed E-state index contributed by atoms with van der Waals surface area (Å²) in [6, 6.07) is 35.1. The van der Waals surface area contributed by atoms with Crippen molar-refractivity contribution in [2.24, 2.45) is 0 Å². The molecule has 4 aromatic carbocycles. The maximum Gasteiger partial charge on any atom is 0.252 e. The third-order valence-corrected chi connectivity index (χ3v) is 8.93. The van der Waals surface area contributed by atoms with Crippen LogP contribution in [0.25, 0.3) is 44.3 Å². The summed E-state index contributed by atoms with van der Waals surface area (Å²) in [6.07, 6.45) is 3.61. The number of carbonyl (C=O) groups is 2. The van der Waals surface area contributed by atoms with Crippen molar-refractivity contribution in [3.63, 3.8) is 0 Å². The predicted octanol–water partition coefficient (Wildman–Crippen LogP) is 9.36. The second-order valence-electron chi connectivity index (χ2n) is 11.1. The molecule has 6 rings (SSSR count). The molecule has 230 valence electrons. The maximum absolute atomic E-state index is 13.3. The number of aromatic nitrogens is 2. The van der Waals surface area contributed by atoms with E-state index in [0.29, 0.717) is 24.2 Å². The van der Waals surface area contributed by atoms with Crippen LogP contribution >= 0.6 is 31.9 Å². The Morgan fingerprint density at radius 2 is 0.913 bits per heavy atom. The fourth-order valence-corrected chi connectivity index (χ4v) is 5.99. The Kier molecular flexibility index (Phi) is 10.2. The third-order valence-electron chi connectivity index (χ3n) is 7.88. The Morgan fingerprint density at radius 1 is 0.522 bits per heavy atom. The molecule has 0 spiro atoms. The molecule has 2 amide bonds. The molecule has 0 saturated heterocycles. The van der Waals surface area contributed by atoms with Crippen LogP contribution in [0.5, 0.6) is 0 Å². The van der Waals surface area contributed by atoms with Crippen molar-refractivity contribution in [3.8, 4) is 22.5 Å². The van der Waals surface area contributed by atoms with Crippen LogP contribution in [0.2, 0.25) is 0 Å². The minimum atomic E-state index is -0.101. The highest BCUT2D eigenvalue weighted by Crippen LogP contribution is 2.27. The molecule has 0 aliphatic rings. The molecule has 2 aromatic heterocycles. The van der Waals surface area contributed by atoms with Crippen molar-refractivity contribution in [1.82, 2.24) is 20.6 Å². The number of pyridine rings is 2. The van der Waals surface area contributed by atoms with Crippen LogP contribution in [0.15, 0.2) is 118 Å². The molecular formula is C38H32Br2N4O2. The first-order valence-electron chi connectivity index (χ1n) is 15.3. The lowest BCUT2D eigenvalue weighted by molar-refractivity contribution is 0.0945. The average molecular weight is 737 g/mol. The van der Waals surface area contributed by atoms with Gasteiger partial charge in [-0.2, -0.15) is 0 Å². The van der Waals surface area contributed by atoms with E-state index >= 15 is 0 Å². The van der Waals surface area contributed by atoms with Crippen LogP contribution in [0.3, 0.4) is 0 Å². The first-order chi connectivity index (χ1) is 22.5. The van der Waals surface area contributed by atoms with Crippen molar-refractivity contribution < 1.29 is 9.59 Å². The molecule has 2 N–H and O–H groups in total. The third kappa shape index (κ3) is 7.52. The van der Waals surface area contributed by atoms with E-state index in [-0.39, 0.29) is 11.8 Å². The van der Waals surface area contributed by atoms with Gasteiger partial charge in [0.25, 0.3) is 11.8 Å². The molecule has 46 heavy (non-hydrogen) atoms. The predicted molar refractivity (Wildman–Crippen MR) is 193 cm³/mol. The lowest BCUT2D eigenvalue weighted by Gasteiger charge is -2.11. The Morgan fingerprint density at radius 3 is 1.33 bits per heavy atom. The quantitative estimate of drug-likeness (QED) is 0.130. The van der Waals surface area contributed by atoms with Crippen LogP contribution in [-0.2, 0) is 0 Å². The van der Waals surface area contributed by atoms with Crippen LogP contribution in [0.1, 0.15) is 46.4 Å². The van der Waals surface area contributed by atoms with E-state index < -0.39 is 0 Å². The standard InChI is InChI=1S/C38H32Br2N4O2/c39-27-17-13-25(14-18-27)35-23-31(29-9-3-5-11-33(29)43-35)37(45)41-21-7-1-2-8-22-42-38(46)32-24-36(26-15-19-28(40)20-16-26)44-34-12-6-4-10-30(32)34/h3-6,9-20,23-24H,1-2,7-8,21-22H2,(H,41,45)(H,42,46). The molecule has 0 bridgehead atoms. The number of amides is 2. The number of para-hydroxylation sites is 2. The van der Waals surface area contributed by atoms with Gasteiger partial charge >= 0.3 is 0 Å². The van der Waals surface area contributed by atoms with E-state index in [4.69, 9.17) is 9.97 Å². The Bertz CT molecular complexity index is 1860. The lowest BCUT2D eigenvalue weighted by Crippen LogP contribution is -2.25. The number of hydrogen-bond donors (Lipinski definition) is 2. The molecular weight excluding hydrogens is 704 g/mol. The number of nitrogens with zero attached hydrogens (tertiary/aromatic N) is 2. The smallest absolute Gasteiger partial charge is 0.252 e. The normalized spacial score (nSPS) is 11.1. The van der Waals surface area contributed by atoms with E-state index in [1.54, 1.807) is 0 Å². The van der Waals surface area contributed by atoms with E-state index in [0.717, 1.165) is 78.9 Å². The van der Waals surface area contributed by atoms with Gasteiger partial charge in [-0.05, 0) is 61.4 Å². The summed E-state index contributed by atoms with van der Waals surface area (Å²) in [5.74, 6) is -0.201. The number of unbranched alkanes of at least 4 members (excludes halogenated alkanes) is 3. The molecule has 0 radical (unpaired) electrons. The first kappa shape index (κ1) is 31.6. The number of nitrogens with one attached hydrogen (secondary N) is 2. The van der Waals surface area contributed by atoms with Gasteiger partial charge in [0.1, 0.15) is 0 Å². The Hall–Kier alpha value is -4.40. The fraction of sp³-hybridized carbons (Fsp3) is 0.158. The topological polar surface area (TPSA) is 84.0 Å². The minimum absolute atomic E-state index is 0.101. The van der Waals surface area contributed by atoms with Crippen molar-refractivity contribution in [2.75, 3.05) is 13.1 Å². The summed E-state index contributed by atoms with van der Waals surface area (Å²) < 4.78 is 1.98. The van der Waals surface area contributed by atoms with Gasteiger partial charge in [0.15, 0.2) is 0 Å². The zero-order valence-electron chi connectivity index (χ0n) is 25.1. The largest absolute Gasteiger partial charge is 0.352 e. The van der Waals surface area contributed by atoms with Crippen molar-refractivity contribution in [1.29, 1.82) is 0 Å². The van der Waals surface area contributed by atoms with Gasteiger partial charge < -0.3 is 10.6 Å². The molecule has 0 aliphatic carbocycles. The maximum atomic E-state index is 13.3. The van der Waals surface area contributed by atoms with Gasteiger partial charge in [-0.15, -0.1) is 0 Å². The van der Waals surface area contributed by atoms with E-state index in [1.807, 2.05) is 109 Å². The molecule has 0 unspecified atom stereocenters. The van der Waals surface area contributed by atoms with Gasteiger partial charge in [0, 0.05) is 43.9 Å². The van der Waals surface area contributed by atoms with E-state index in [1.165, 1.54) is 0 Å². The number of hydrogen-bond acceptors (Lipinski definition) is 4. The highest BCUT2D eigenvalue weighted by Gasteiger charge is 2.15. The molecule has 0 aliphatic heterocycles. The van der Waals surface area contributed by atoms with E-state index in [2.05, 4.69) is 42.5 Å². The molecule has 0 fully saturated rings. The second kappa shape index (κ2) is 14.8. The second-order valence-corrected chi connectivity index (χ2v) is 12.9. The molecule has 6 nitrogen and oxygen atoms in total. The summed E-state index contributed by atoms with van der Waals surface area (Å²) >= 11 is 6.96. The number of carbonyl (C=O) groups excluding carboxylic acids is 2. The van der Waals surface area contributed by atoms with Gasteiger partial charge in [-0.3, -0.25) is 9.59 Å². The molecule has 2 heterocycles. The SMILES string of the molecule is O=C(NCCCCCCNC(=O)c1cc(-c2ccc(Br)cc2)nc2ccccc12)c1cc(-c2ccc(Br)cc2)nc2ccccc12. The van der Waals surface area contributed by atoms with Crippen molar-refractivity contribution >= 4 is 65.5 Å². The highest BCUT2D eigenvalue weighted by molar-refractivity contribution is 9.10. The molecule has 0 saturated carbocycles. The van der Waals surface area contributed by atoms with Gasteiger partial charge in [0.2, 0.25) is 0 Å². The highest BCUT2D eigenvalue weighted by atomic mass is 79.9. The van der Waals surface area contributed by atoms with Gasteiger partial charge in [-0.25, -0.2) is 9.97 Å². The number of fused-ring (bicyclic) bond motifs is 2. The Labute approximate surface area is 284 Å². The lowest BCUT2D eigenvalue weighted by atomic mass is 10.0. The van der Waals surface area contributed by atoms with Gasteiger partial charge in [0.05, 0.1) is 33.5 Å². The first-order valence-corrected chi connectivity index (χ1v) is 16.9. The Balaban J connectivity index is 1.00. The van der Waals surface area contributed by atoms with Crippen LogP contribution in [-0.4, -0.2) is 34.9 Å². The van der Waals surface area contributed by atoms with Crippen LogP contribution in [0, 0.1) is 0 Å². The summed E-state index contributed by atoms with van der Waals surface area (Å²) in [4.78, 5) is 36.1. The van der Waals surface area contributed by atoms with Crippen molar-refractivity contribution in [2.45, 2.75) is 25.7 Å². The van der Waals surface area contributed by atoms with Crippen molar-refractivity contribution in [3.05, 3.63) is 129 Å². The number of halogens is 2. The summed E-state index contributed by atoms with van der Waals surface area (Å²) in [5, 5.41) is 7.86. The fourth-order valence-electron chi connectivity index (χ4n) is 5.46. The summed E-state index contributed by atoms with van der Waals surface area (Å²) in [7, 11) is 0. The van der Waals surface area contributed by atoms with Crippen LogP contribution in [0.4, 0.5) is 0 Å². The van der Waals surface area contributed by atoms with Gasteiger partial charge in [-0.1, -0.05) is 105 Å². The molecule has 6 aromatic rings. The molecule has 0 atom stereocenters. The average Bonchev–Trinajstić information content (AvgIpc) is 3.08. The summed E-state index contributed by atoms with van der Waals surface area (Å²) in [5.41, 5.74) is 6.27. The minimum Gasteiger partial charge on any atom is -0.352 e. The van der Waals surface area contributed by atoms with Crippen LogP contribution < -0.4 is 10.6 Å². The monoisotopic (exact) mass is 734 g/mol. The zero-order chi connectivity index (χ0) is 31.9.